The van der Waals surface area contributed by atoms with Crippen molar-refractivity contribution in [2.45, 2.75) is 6.42 Å². The van der Waals surface area contributed by atoms with E-state index in [2.05, 4.69) is 17.3 Å². The number of amides is 1. The lowest BCUT2D eigenvalue weighted by molar-refractivity contribution is -0.130. The number of hydrogen-bond acceptors (Lipinski definition) is 3. The fourth-order valence-corrected chi connectivity index (χ4v) is 1.56. The van der Waals surface area contributed by atoms with Crippen LogP contribution in [0.4, 0.5) is 0 Å². The number of nitrogens with one attached hydrogen (secondary N) is 1. The van der Waals surface area contributed by atoms with Crippen molar-refractivity contribution in [1.29, 1.82) is 0 Å². The molecule has 1 aliphatic rings. The number of rotatable bonds is 2. The van der Waals surface area contributed by atoms with Crippen molar-refractivity contribution >= 4 is 5.91 Å². The van der Waals surface area contributed by atoms with Crippen LogP contribution < -0.4 is 5.32 Å². The van der Waals surface area contributed by atoms with Gasteiger partial charge < -0.3 is 15.1 Å². The minimum absolute atomic E-state index is 0.220. The Morgan fingerprint density at radius 2 is 2.08 bits per heavy atom. The second-order valence-electron chi connectivity index (χ2n) is 3.57. The van der Waals surface area contributed by atoms with Crippen LogP contribution in [-0.2, 0) is 4.79 Å². The molecule has 1 N–H and O–H groups in total. The summed E-state index contributed by atoms with van der Waals surface area (Å²) in [6.07, 6.45) is 1.09. The fraction of sp³-hybridized carbons (Fsp3) is 0.889. The third-order valence-electron chi connectivity index (χ3n) is 2.40. The molecule has 1 rings (SSSR count). The van der Waals surface area contributed by atoms with Crippen molar-refractivity contribution in [3.8, 4) is 0 Å². The van der Waals surface area contributed by atoms with Crippen LogP contribution in [0.25, 0.3) is 0 Å². The molecule has 0 spiro atoms. The highest BCUT2D eigenvalue weighted by molar-refractivity contribution is 5.78. The molecule has 0 aliphatic carbocycles. The van der Waals surface area contributed by atoms with Gasteiger partial charge in [-0.1, -0.05) is 0 Å². The second-order valence-corrected chi connectivity index (χ2v) is 3.57. The third kappa shape index (κ3) is 3.32. The van der Waals surface area contributed by atoms with Gasteiger partial charge in [-0.2, -0.15) is 0 Å². The molecular weight excluding hydrogens is 166 g/mol. The fourth-order valence-electron chi connectivity index (χ4n) is 1.56. The van der Waals surface area contributed by atoms with E-state index in [1.165, 1.54) is 0 Å². The summed E-state index contributed by atoms with van der Waals surface area (Å²) in [5, 5.41) is 2.89. The summed E-state index contributed by atoms with van der Waals surface area (Å²) in [4.78, 5) is 15.7. The summed E-state index contributed by atoms with van der Waals surface area (Å²) >= 11 is 0. The zero-order valence-corrected chi connectivity index (χ0v) is 8.55. The van der Waals surface area contributed by atoms with Crippen LogP contribution in [0.1, 0.15) is 6.42 Å². The van der Waals surface area contributed by atoms with Crippen LogP contribution in [0.3, 0.4) is 0 Å². The molecule has 13 heavy (non-hydrogen) atoms. The van der Waals surface area contributed by atoms with Gasteiger partial charge in [0, 0.05) is 19.6 Å². The number of carbonyl (C=O) groups is 1. The largest absolute Gasteiger partial charge is 0.340 e. The molecule has 1 aliphatic heterocycles. The monoisotopic (exact) mass is 185 g/mol. The second kappa shape index (κ2) is 5.19. The molecule has 1 amide bonds. The molecule has 0 saturated carbocycles. The van der Waals surface area contributed by atoms with Gasteiger partial charge in [-0.3, -0.25) is 4.79 Å². The predicted molar refractivity (Wildman–Crippen MR) is 52.6 cm³/mol. The highest BCUT2D eigenvalue weighted by atomic mass is 16.2. The van der Waals surface area contributed by atoms with Crippen molar-refractivity contribution in [3.63, 3.8) is 0 Å². The van der Waals surface area contributed by atoms with Gasteiger partial charge in [0.05, 0.1) is 6.54 Å². The van der Waals surface area contributed by atoms with E-state index in [0.29, 0.717) is 6.54 Å². The summed E-state index contributed by atoms with van der Waals surface area (Å²) in [7, 11) is 3.91. The van der Waals surface area contributed by atoms with E-state index in [1.807, 2.05) is 11.9 Å². The SMILES string of the molecule is CNCC(=O)N1CCCN(C)CC1. The Kier molecular flexibility index (Phi) is 4.18. The lowest BCUT2D eigenvalue weighted by Gasteiger charge is -2.20. The average molecular weight is 185 g/mol. The van der Waals surface area contributed by atoms with Gasteiger partial charge in [-0.25, -0.2) is 0 Å². The first-order valence-corrected chi connectivity index (χ1v) is 4.85. The number of hydrogen-bond donors (Lipinski definition) is 1. The molecule has 0 bridgehead atoms. The quantitative estimate of drug-likeness (QED) is 0.622. The van der Waals surface area contributed by atoms with Gasteiger partial charge in [-0.05, 0) is 27.1 Å². The third-order valence-corrected chi connectivity index (χ3v) is 2.40. The molecule has 0 aromatic heterocycles. The van der Waals surface area contributed by atoms with E-state index in [-0.39, 0.29) is 5.91 Å². The van der Waals surface area contributed by atoms with Crippen LogP contribution in [0.5, 0.6) is 0 Å². The van der Waals surface area contributed by atoms with Crippen LogP contribution in [0.15, 0.2) is 0 Å². The lowest BCUT2D eigenvalue weighted by Crippen LogP contribution is -2.39. The Balaban J connectivity index is 2.37. The molecule has 0 aromatic rings. The summed E-state index contributed by atoms with van der Waals surface area (Å²) in [5.41, 5.74) is 0. The van der Waals surface area contributed by atoms with Gasteiger partial charge >= 0.3 is 0 Å². The van der Waals surface area contributed by atoms with Crippen molar-refractivity contribution in [2.75, 3.05) is 46.8 Å². The van der Waals surface area contributed by atoms with E-state index in [1.54, 1.807) is 0 Å². The van der Waals surface area contributed by atoms with Crippen molar-refractivity contribution in [3.05, 3.63) is 0 Å². The smallest absolute Gasteiger partial charge is 0.236 e. The van der Waals surface area contributed by atoms with Crippen LogP contribution in [0.2, 0.25) is 0 Å². The molecule has 0 atom stereocenters. The maximum Gasteiger partial charge on any atom is 0.236 e. The molecule has 0 aromatic carbocycles. The number of carbonyl (C=O) groups excluding carboxylic acids is 1. The maximum atomic E-state index is 11.5. The van der Waals surface area contributed by atoms with E-state index in [4.69, 9.17) is 0 Å². The Morgan fingerprint density at radius 1 is 1.31 bits per heavy atom. The predicted octanol–water partition coefficient (Wildman–Crippen LogP) is -0.630. The topological polar surface area (TPSA) is 35.6 Å². The molecular formula is C9H19N3O. The average Bonchev–Trinajstić information content (AvgIpc) is 2.30. The summed E-state index contributed by atoms with van der Waals surface area (Å²) in [6, 6.07) is 0. The maximum absolute atomic E-state index is 11.5. The Labute approximate surface area is 79.9 Å². The van der Waals surface area contributed by atoms with Gasteiger partial charge in [0.1, 0.15) is 0 Å². The summed E-state index contributed by atoms with van der Waals surface area (Å²) in [6.45, 7) is 4.34. The molecule has 1 heterocycles. The molecule has 76 valence electrons. The van der Waals surface area contributed by atoms with Crippen molar-refractivity contribution in [1.82, 2.24) is 15.1 Å². The molecule has 4 heteroatoms. The van der Waals surface area contributed by atoms with E-state index in [9.17, 15) is 4.79 Å². The van der Waals surface area contributed by atoms with Crippen LogP contribution in [0, 0.1) is 0 Å². The first-order chi connectivity index (χ1) is 6.24. The normalized spacial score (nSPS) is 20.0. The zero-order valence-electron chi connectivity index (χ0n) is 8.55. The van der Waals surface area contributed by atoms with Gasteiger partial charge in [0.15, 0.2) is 0 Å². The van der Waals surface area contributed by atoms with Crippen molar-refractivity contribution in [2.24, 2.45) is 0 Å². The lowest BCUT2D eigenvalue weighted by atomic mass is 10.4. The van der Waals surface area contributed by atoms with Gasteiger partial charge in [0.25, 0.3) is 0 Å². The highest BCUT2D eigenvalue weighted by Crippen LogP contribution is 2.00. The first-order valence-electron chi connectivity index (χ1n) is 4.85. The molecule has 1 fully saturated rings. The van der Waals surface area contributed by atoms with Gasteiger partial charge in [-0.15, -0.1) is 0 Å². The molecule has 0 radical (unpaired) electrons. The Hall–Kier alpha value is -0.610. The van der Waals surface area contributed by atoms with Gasteiger partial charge in [0.2, 0.25) is 5.91 Å². The minimum Gasteiger partial charge on any atom is -0.340 e. The van der Waals surface area contributed by atoms with Crippen LogP contribution >= 0.6 is 0 Å². The molecule has 1 saturated heterocycles. The summed E-state index contributed by atoms with van der Waals surface area (Å²) in [5.74, 6) is 0.220. The van der Waals surface area contributed by atoms with E-state index in [0.717, 1.165) is 32.6 Å². The Bertz CT molecular complexity index is 172. The molecule has 4 nitrogen and oxygen atoms in total. The van der Waals surface area contributed by atoms with E-state index >= 15 is 0 Å². The molecule has 0 unspecified atom stereocenters. The highest BCUT2D eigenvalue weighted by Gasteiger charge is 2.15. The summed E-state index contributed by atoms with van der Waals surface area (Å²) < 4.78 is 0. The number of likely N-dealkylation sites (N-methyl/N-ethyl adjacent to an activating group) is 2. The number of nitrogens with zero attached hydrogens (tertiary/aromatic N) is 2. The van der Waals surface area contributed by atoms with E-state index < -0.39 is 0 Å². The Morgan fingerprint density at radius 3 is 2.77 bits per heavy atom. The zero-order chi connectivity index (χ0) is 9.68. The minimum atomic E-state index is 0.220. The first kappa shape index (κ1) is 10.5. The van der Waals surface area contributed by atoms with Crippen molar-refractivity contribution < 1.29 is 4.79 Å². The standard InChI is InChI=1S/C9H19N3O/c1-10-8-9(13)12-5-3-4-11(2)6-7-12/h10H,3-8H2,1-2H3. The van der Waals surface area contributed by atoms with Crippen LogP contribution in [-0.4, -0.2) is 62.5 Å².